The summed E-state index contributed by atoms with van der Waals surface area (Å²) < 4.78 is 12.7. The molecule has 0 aliphatic carbocycles. The summed E-state index contributed by atoms with van der Waals surface area (Å²) in [4.78, 5) is 4.97. The van der Waals surface area contributed by atoms with Gasteiger partial charge in [0.05, 0.1) is 0 Å². The summed E-state index contributed by atoms with van der Waals surface area (Å²) in [7, 11) is 0. The fourth-order valence-corrected chi connectivity index (χ4v) is 1.11. The van der Waals surface area contributed by atoms with E-state index in [2.05, 4.69) is 18.3 Å². The largest absolute Gasteiger partial charge is 0.395 e. The van der Waals surface area contributed by atoms with Crippen molar-refractivity contribution < 1.29 is 9.23 Å². The summed E-state index contributed by atoms with van der Waals surface area (Å²) >= 11 is 0. The third kappa shape index (κ3) is 5.15. The topological polar surface area (TPSA) is 21.6 Å². The van der Waals surface area contributed by atoms with E-state index in [4.69, 9.17) is 4.84 Å². The van der Waals surface area contributed by atoms with Crippen LogP contribution in [0, 0.1) is 5.82 Å². The van der Waals surface area contributed by atoms with Gasteiger partial charge in [-0.1, -0.05) is 37.1 Å². The Labute approximate surface area is 89.7 Å². The Morgan fingerprint density at radius 3 is 3.00 bits per heavy atom. The van der Waals surface area contributed by atoms with Gasteiger partial charge in [-0.15, -0.1) is 0 Å². The molecule has 1 rings (SSSR count). The molecule has 0 saturated heterocycles. The van der Waals surface area contributed by atoms with E-state index in [1.165, 1.54) is 12.1 Å². The Morgan fingerprint density at radius 1 is 1.40 bits per heavy atom. The molecule has 15 heavy (non-hydrogen) atoms. The van der Waals surface area contributed by atoms with Gasteiger partial charge in [0.25, 0.3) is 0 Å². The van der Waals surface area contributed by atoms with Gasteiger partial charge in [0.1, 0.15) is 18.6 Å². The minimum absolute atomic E-state index is 0.291. The zero-order valence-electron chi connectivity index (χ0n) is 8.87. The van der Waals surface area contributed by atoms with Crippen molar-refractivity contribution >= 4 is 6.21 Å². The molecule has 0 aliphatic rings. The van der Waals surface area contributed by atoms with Crippen LogP contribution in [0.15, 0.2) is 29.4 Å². The predicted molar refractivity (Wildman–Crippen MR) is 58.4 cm³/mol. The van der Waals surface area contributed by atoms with Crippen LogP contribution in [0.1, 0.15) is 31.7 Å². The van der Waals surface area contributed by atoms with Gasteiger partial charge in [-0.2, -0.15) is 0 Å². The summed E-state index contributed by atoms with van der Waals surface area (Å²) in [6.07, 6.45) is 5.90. The molecular formula is C12H15FNO. The van der Waals surface area contributed by atoms with Gasteiger partial charge in [-0.25, -0.2) is 4.39 Å². The first kappa shape index (κ1) is 11.7. The van der Waals surface area contributed by atoms with Crippen molar-refractivity contribution in [1.29, 1.82) is 0 Å². The number of hydrogen-bond donors (Lipinski definition) is 0. The minimum atomic E-state index is -0.291. The first-order valence-electron chi connectivity index (χ1n) is 5.16. The lowest BCUT2D eigenvalue weighted by Crippen LogP contribution is -1.89. The van der Waals surface area contributed by atoms with Crippen LogP contribution in [-0.4, -0.2) is 12.8 Å². The highest BCUT2D eigenvalue weighted by atomic mass is 19.1. The lowest BCUT2D eigenvalue weighted by atomic mass is 10.2. The predicted octanol–water partition coefficient (Wildman–Crippen LogP) is 3.24. The standard InChI is InChI=1S/C12H15FNO/c1-2-3-4-8-15-14-10-11-6-5-7-12(13)9-11/h5-7,9H,2-4,8H2,1H3. The number of hydrogen-bond acceptors (Lipinski definition) is 2. The molecule has 1 aromatic rings. The van der Waals surface area contributed by atoms with E-state index in [-0.39, 0.29) is 5.82 Å². The summed E-state index contributed by atoms with van der Waals surface area (Å²) in [5, 5.41) is 3.64. The molecule has 0 N–H and O–H groups in total. The van der Waals surface area contributed by atoms with E-state index in [1.807, 2.05) is 0 Å². The summed E-state index contributed by atoms with van der Waals surface area (Å²) in [5.74, 6) is -0.291. The second kappa shape index (κ2) is 6.98. The lowest BCUT2D eigenvalue weighted by molar-refractivity contribution is 0.141. The van der Waals surface area contributed by atoms with Crippen LogP contribution in [0.4, 0.5) is 4.39 Å². The Kier molecular flexibility index (Phi) is 5.44. The third-order valence-electron chi connectivity index (χ3n) is 1.90. The quantitative estimate of drug-likeness (QED) is 0.399. The maximum absolute atomic E-state index is 12.7. The molecule has 0 heterocycles. The number of rotatable bonds is 6. The third-order valence-corrected chi connectivity index (χ3v) is 1.90. The van der Waals surface area contributed by atoms with Gasteiger partial charge in [0, 0.05) is 5.56 Å². The first-order valence-corrected chi connectivity index (χ1v) is 5.16. The summed E-state index contributed by atoms with van der Waals surface area (Å²) in [6.45, 7) is 2.72. The number of halogens is 1. The average Bonchev–Trinajstić information content (AvgIpc) is 2.23. The van der Waals surface area contributed by atoms with E-state index >= 15 is 0 Å². The highest BCUT2D eigenvalue weighted by molar-refractivity contribution is 5.78. The van der Waals surface area contributed by atoms with E-state index < -0.39 is 0 Å². The Balaban J connectivity index is 2.26. The van der Waals surface area contributed by atoms with Crippen LogP contribution >= 0.6 is 0 Å². The van der Waals surface area contributed by atoms with Crippen molar-refractivity contribution in [3.63, 3.8) is 0 Å². The van der Waals surface area contributed by atoms with E-state index in [0.717, 1.165) is 19.3 Å². The first-order chi connectivity index (χ1) is 7.33. The van der Waals surface area contributed by atoms with Gasteiger partial charge < -0.3 is 4.84 Å². The van der Waals surface area contributed by atoms with E-state index in [0.29, 0.717) is 12.2 Å². The Bertz CT molecular complexity index is 312. The zero-order chi connectivity index (χ0) is 10.9. The van der Waals surface area contributed by atoms with Gasteiger partial charge >= 0.3 is 0 Å². The number of unbranched alkanes of at least 4 members (excludes halogenated alkanes) is 2. The van der Waals surface area contributed by atoms with Crippen LogP contribution in [0.2, 0.25) is 0 Å². The van der Waals surface area contributed by atoms with Crippen molar-refractivity contribution in [3.05, 3.63) is 35.6 Å². The van der Waals surface area contributed by atoms with Crippen LogP contribution in [-0.2, 0) is 4.84 Å². The second-order valence-corrected chi connectivity index (χ2v) is 3.25. The molecule has 2 nitrogen and oxygen atoms in total. The Morgan fingerprint density at radius 2 is 2.27 bits per heavy atom. The van der Waals surface area contributed by atoms with Crippen molar-refractivity contribution in [3.8, 4) is 0 Å². The highest BCUT2D eigenvalue weighted by Crippen LogP contribution is 2.01. The molecule has 1 radical (unpaired) electrons. The van der Waals surface area contributed by atoms with Crippen LogP contribution in [0.25, 0.3) is 0 Å². The number of nitrogens with zero attached hydrogens (tertiary/aromatic N) is 1. The molecular weight excluding hydrogens is 193 g/mol. The molecule has 0 fully saturated rings. The molecule has 81 valence electrons. The molecule has 1 aromatic carbocycles. The van der Waals surface area contributed by atoms with Gasteiger partial charge in [0.15, 0.2) is 0 Å². The number of benzene rings is 1. The van der Waals surface area contributed by atoms with Crippen LogP contribution in [0.5, 0.6) is 0 Å². The molecule has 0 atom stereocenters. The maximum Gasteiger partial charge on any atom is 0.139 e. The molecule has 3 heteroatoms. The monoisotopic (exact) mass is 208 g/mol. The van der Waals surface area contributed by atoms with E-state index in [9.17, 15) is 4.39 Å². The Hall–Kier alpha value is -1.38. The molecule has 0 amide bonds. The van der Waals surface area contributed by atoms with Gasteiger partial charge in [-0.3, -0.25) is 0 Å². The zero-order valence-corrected chi connectivity index (χ0v) is 8.87. The average molecular weight is 208 g/mol. The minimum Gasteiger partial charge on any atom is -0.395 e. The van der Waals surface area contributed by atoms with Crippen LogP contribution < -0.4 is 0 Å². The van der Waals surface area contributed by atoms with Crippen molar-refractivity contribution in [1.82, 2.24) is 0 Å². The summed E-state index contributed by atoms with van der Waals surface area (Å²) in [6, 6.07) is 6.08. The maximum atomic E-state index is 12.7. The molecule has 0 bridgehead atoms. The fraction of sp³-hybridized carbons (Fsp3) is 0.417. The molecule has 0 aliphatic heterocycles. The molecule has 0 aromatic heterocycles. The SMILES string of the molecule is CCCCCO/N=[C]/c1cccc(F)c1. The van der Waals surface area contributed by atoms with Crippen LogP contribution in [0.3, 0.4) is 0 Å². The van der Waals surface area contributed by atoms with Gasteiger partial charge in [0.2, 0.25) is 0 Å². The van der Waals surface area contributed by atoms with Gasteiger partial charge in [-0.05, 0) is 18.6 Å². The van der Waals surface area contributed by atoms with E-state index in [1.54, 1.807) is 12.1 Å². The highest BCUT2D eigenvalue weighted by Gasteiger charge is 1.91. The molecule has 0 spiro atoms. The molecule has 0 unspecified atom stereocenters. The second-order valence-electron chi connectivity index (χ2n) is 3.25. The fourth-order valence-electron chi connectivity index (χ4n) is 1.11. The normalized spacial score (nSPS) is 10.8. The van der Waals surface area contributed by atoms with Crippen molar-refractivity contribution in [2.45, 2.75) is 26.2 Å². The van der Waals surface area contributed by atoms with Crippen molar-refractivity contribution in [2.24, 2.45) is 5.16 Å². The van der Waals surface area contributed by atoms with Crippen molar-refractivity contribution in [2.75, 3.05) is 6.61 Å². The smallest absolute Gasteiger partial charge is 0.139 e. The summed E-state index contributed by atoms with van der Waals surface area (Å²) in [5.41, 5.74) is 0.588. The molecule has 0 saturated carbocycles. The lowest BCUT2D eigenvalue weighted by Gasteiger charge is -1.96.